The lowest BCUT2D eigenvalue weighted by Gasteiger charge is -2.26. The number of anilines is 1. The zero-order valence-electron chi connectivity index (χ0n) is 15.5. The highest BCUT2D eigenvalue weighted by Gasteiger charge is 2.35. The average molecular weight is 357 g/mol. The van der Waals surface area contributed by atoms with E-state index in [0.717, 1.165) is 25.9 Å². The Bertz CT molecular complexity index is 678. The average Bonchev–Trinajstić information content (AvgIpc) is 3.05. The minimum atomic E-state index is -0.320. The molecule has 2 aliphatic heterocycles. The molecule has 3 amide bonds. The van der Waals surface area contributed by atoms with Crippen molar-refractivity contribution < 1.29 is 14.4 Å². The van der Waals surface area contributed by atoms with Crippen molar-refractivity contribution in [2.75, 3.05) is 25.0 Å². The Kier molecular flexibility index (Phi) is 5.59. The van der Waals surface area contributed by atoms with Crippen molar-refractivity contribution in [3.63, 3.8) is 0 Å². The Morgan fingerprint density at radius 3 is 2.31 bits per heavy atom. The second kappa shape index (κ2) is 7.89. The highest BCUT2D eigenvalue weighted by Crippen LogP contribution is 2.22. The molecule has 3 rings (SSSR count). The van der Waals surface area contributed by atoms with Crippen LogP contribution >= 0.6 is 0 Å². The molecule has 1 unspecified atom stereocenters. The van der Waals surface area contributed by atoms with E-state index in [1.807, 2.05) is 18.7 Å². The maximum absolute atomic E-state index is 12.5. The molecule has 26 heavy (non-hydrogen) atoms. The van der Waals surface area contributed by atoms with Crippen molar-refractivity contribution in [1.29, 1.82) is 0 Å². The summed E-state index contributed by atoms with van der Waals surface area (Å²) in [6, 6.07) is 7.14. The smallest absolute Gasteiger partial charge is 0.253 e. The first-order valence-electron chi connectivity index (χ1n) is 9.45. The van der Waals surface area contributed by atoms with Gasteiger partial charge in [-0.2, -0.15) is 0 Å². The van der Waals surface area contributed by atoms with Crippen molar-refractivity contribution in [1.82, 2.24) is 9.80 Å². The maximum atomic E-state index is 12.5. The Labute approximate surface area is 154 Å². The summed E-state index contributed by atoms with van der Waals surface area (Å²) in [5.74, 6) is -0.379. The van der Waals surface area contributed by atoms with Crippen molar-refractivity contribution in [3.8, 4) is 0 Å². The molecule has 2 fully saturated rings. The molecule has 0 radical (unpaired) electrons. The molecule has 140 valence electrons. The maximum Gasteiger partial charge on any atom is 0.253 e. The molecule has 0 saturated carbocycles. The molecule has 1 N–H and O–H groups in total. The van der Waals surface area contributed by atoms with Crippen LogP contribution in [0.2, 0.25) is 0 Å². The van der Waals surface area contributed by atoms with Gasteiger partial charge in [0.25, 0.3) is 5.91 Å². The highest BCUT2D eigenvalue weighted by molar-refractivity contribution is 5.98. The van der Waals surface area contributed by atoms with Gasteiger partial charge < -0.3 is 15.1 Å². The molecular formula is C20H27N3O3. The van der Waals surface area contributed by atoms with E-state index in [1.54, 1.807) is 29.2 Å². The molecule has 2 heterocycles. The summed E-state index contributed by atoms with van der Waals surface area (Å²) in [6.07, 6.45) is 3.57. The van der Waals surface area contributed by atoms with E-state index in [0.29, 0.717) is 17.8 Å². The molecule has 6 heteroatoms. The fourth-order valence-corrected chi connectivity index (χ4v) is 3.63. The molecule has 6 nitrogen and oxygen atoms in total. The third-order valence-electron chi connectivity index (χ3n) is 5.20. The van der Waals surface area contributed by atoms with E-state index in [2.05, 4.69) is 5.32 Å². The largest absolute Gasteiger partial charge is 0.339 e. The fraction of sp³-hybridized carbons (Fsp3) is 0.550. The number of likely N-dealkylation sites (tertiary alicyclic amines) is 2. The molecular weight excluding hydrogens is 330 g/mol. The zero-order valence-corrected chi connectivity index (χ0v) is 15.5. The SMILES string of the molecule is CC(C)N1CC(C(=O)Nc2ccc(C(=O)N3CCCCC3)cc2)CC1=O. The van der Waals surface area contributed by atoms with Gasteiger partial charge in [-0.25, -0.2) is 0 Å². The van der Waals surface area contributed by atoms with Crippen LogP contribution in [-0.4, -0.2) is 53.2 Å². The minimum Gasteiger partial charge on any atom is -0.339 e. The normalized spacial score (nSPS) is 20.6. The third-order valence-corrected chi connectivity index (χ3v) is 5.20. The predicted octanol–water partition coefficient (Wildman–Crippen LogP) is 2.51. The molecule has 2 aliphatic rings. The lowest BCUT2D eigenvalue weighted by molar-refractivity contribution is -0.129. The quantitative estimate of drug-likeness (QED) is 0.900. The molecule has 0 aromatic heterocycles. The fourth-order valence-electron chi connectivity index (χ4n) is 3.63. The van der Waals surface area contributed by atoms with Gasteiger partial charge in [0.2, 0.25) is 11.8 Å². The summed E-state index contributed by atoms with van der Waals surface area (Å²) >= 11 is 0. The van der Waals surface area contributed by atoms with Crippen LogP contribution in [0.15, 0.2) is 24.3 Å². The summed E-state index contributed by atoms with van der Waals surface area (Å²) in [7, 11) is 0. The number of carbonyl (C=O) groups excluding carboxylic acids is 3. The second-order valence-electron chi connectivity index (χ2n) is 7.46. The number of piperidine rings is 1. The number of rotatable bonds is 4. The van der Waals surface area contributed by atoms with Crippen LogP contribution < -0.4 is 5.32 Å². The van der Waals surface area contributed by atoms with E-state index in [9.17, 15) is 14.4 Å². The van der Waals surface area contributed by atoms with Gasteiger partial charge in [-0.05, 0) is 57.4 Å². The Morgan fingerprint density at radius 2 is 1.73 bits per heavy atom. The summed E-state index contributed by atoms with van der Waals surface area (Å²) in [4.78, 5) is 40.5. The van der Waals surface area contributed by atoms with Crippen molar-refractivity contribution >= 4 is 23.4 Å². The summed E-state index contributed by atoms with van der Waals surface area (Å²) in [5, 5.41) is 2.87. The van der Waals surface area contributed by atoms with Gasteiger partial charge in [0.1, 0.15) is 0 Å². The van der Waals surface area contributed by atoms with Crippen molar-refractivity contribution in [3.05, 3.63) is 29.8 Å². The number of nitrogens with one attached hydrogen (secondary N) is 1. The van der Waals surface area contributed by atoms with Crippen LogP contribution in [0.4, 0.5) is 5.69 Å². The van der Waals surface area contributed by atoms with Gasteiger partial charge >= 0.3 is 0 Å². The first kappa shape index (κ1) is 18.4. The van der Waals surface area contributed by atoms with Crippen molar-refractivity contribution in [2.24, 2.45) is 5.92 Å². The van der Waals surface area contributed by atoms with Gasteiger partial charge in [0, 0.05) is 43.3 Å². The first-order chi connectivity index (χ1) is 12.5. The number of carbonyl (C=O) groups is 3. The molecule has 0 spiro atoms. The van der Waals surface area contributed by atoms with E-state index < -0.39 is 0 Å². The Hall–Kier alpha value is -2.37. The molecule has 1 atom stereocenters. The van der Waals surface area contributed by atoms with E-state index in [1.165, 1.54) is 6.42 Å². The van der Waals surface area contributed by atoms with E-state index >= 15 is 0 Å². The lowest BCUT2D eigenvalue weighted by atomic mass is 10.1. The lowest BCUT2D eigenvalue weighted by Crippen LogP contribution is -2.35. The summed E-state index contributed by atoms with van der Waals surface area (Å²) < 4.78 is 0. The molecule has 2 saturated heterocycles. The van der Waals surface area contributed by atoms with Crippen molar-refractivity contribution in [2.45, 2.75) is 45.6 Å². The number of benzene rings is 1. The third kappa shape index (κ3) is 4.06. The molecule has 0 aliphatic carbocycles. The van der Waals surface area contributed by atoms with Crippen LogP contribution in [0.1, 0.15) is 49.9 Å². The Morgan fingerprint density at radius 1 is 1.08 bits per heavy atom. The highest BCUT2D eigenvalue weighted by atomic mass is 16.2. The number of hydrogen-bond acceptors (Lipinski definition) is 3. The molecule has 0 bridgehead atoms. The van der Waals surface area contributed by atoms with Crippen LogP contribution in [0.5, 0.6) is 0 Å². The topological polar surface area (TPSA) is 69.7 Å². The number of hydrogen-bond donors (Lipinski definition) is 1. The van der Waals surface area contributed by atoms with Gasteiger partial charge in [0.05, 0.1) is 5.92 Å². The monoisotopic (exact) mass is 357 g/mol. The van der Waals surface area contributed by atoms with Crippen LogP contribution in [0.3, 0.4) is 0 Å². The summed E-state index contributed by atoms with van der Waals surface area (Å²) in [5.41, 5.74) is 1.30. The van der Waals surface area contributed by atoms with Gasteiger partial charge in [-0.1, -0.05) is 0 Å². The van der Waals surface area contributed by atoms with Gasteiger partial charge in [-0.3, -0.25) is 14.4 Å². The van der Waals surface area contributed by atoms with E-state index in [-0.39, 0.29) is 36.1 Å². The predicted molar refractivity (Wildman–Crippen MR) is 99.8 cm³/mol. The second-order valence-corrected chi connectivity index (χ2v) is 7.46. The standard InChI is InChI=1S/C20H27N3O3/c1-14(2)23-13-16(12-18(23)24)19(25)21-17-8-6-15(7-9-17)20(26)22-10-4-3-5-11-22/h6-9,14,16H,3-5,10-13H2,1-2H3,(H,21,25). The van der Waals surface area contributed by atoms with E-state index in [4.69, 9.17) is 0 Å². The number of nitrogens with zero attached hydrogens (tertiary/aromatic N) is 2. The first-order valence-corrected chi connectivity index (χ1v) is 9.45. The van der Waals surface area contributed by atoms with Gasteiger partial charge in [-0.15, -0.1) is 0 Å². The molecule has 1 aromatic carbocycles. The minimum absolute atomic E-state index is 0.0302. The molecule has 1 aromatic rings. The Balaban J connectivity index is 1.58. The summed E-state index contributed by atoms with van der Waals surface area (Å²) in [6.45, 7) is 6.01. The van der Waals surface area contributed by atoms with Crippen LogP contribution in [-0.2, 0) is 9.59 Å². The number of amides is 3. The zero-order chi connectivity index (χ0) is 18.7. The van der Waals surface area contributed by atoms with Crippen LogP contribution in [0, 0.1) is 5.92 Å². The van der Waals surface area contributed by atoms with Crippen LogP contribution in [0.25, 0.3) is 0 Å². The van der Waals surface area contributed by atoms with Gasteiger partial charge in [0.15, 0.2) is 0 Å².